The van der Waals surface area contributed by atoms with Gasteiger partial charge in [-0.15, -0.1) is 0 Å². The topological polar surface area (TPSA) is 245 Å². The van der Waals surface area contributed by atoms with Gasteiger partial charge in [-0.05, 0) is 30.0 Å². The Labute approximate surface area is 218 Å². The summed E-state index contributed by atoms with van der Waals surface area (Å²) < 4.78 is 0. The molecule has 1 rings (SSSR count). The molecule has 0 aromatic heterocycles. The Morgan fingerprint density at radius 3 is 1.89 bits per heavy atom. The van der Waals surface area contributed by atoms with Crippen LogP contribution in [0.3, 0.4) is 0 Å². The van der Waals surface area contributed by atoms with E-state index < -0.39 is 78.6 Å². The van der Waals surface area contributed by atoms with Crippen molar-refractivity contribution in [3.63, 3.8) is 0 Å². The fourth-order valence-corrected chi connectivity index (χ4v) is 3.36. The van der Waals surface area contributed by atoms with Crippen molar-refractivity contribution in [2.24, 2.45) is 11.7 Å². The van der Waals surface area contributed by atoms with Gasteiger partial charge >= 0.3 is 17.9 Å². The number of aromatic hydroxyl groups is 1. The molecule has 9 N–H and O–H groups in total. The highest BCUT2D eigenvalue weighted by molar-refractivity contribution is 5.95. The summed E-state index contributed by atoms with van der Waals surface area (Å²) in [5, 5.41) is 43.9. The summed E-state index contributed by atoms with van der Waals surface area (Å²) in [6, 6.07) is -0.0400. The Hall–Kier alpha value is -4.20. The first-order valence-corrected chi connectivity index (χ1v) is 11.9. The van der Waals surface area contributed by atoms with E-state index in [9.17, 15) is 44.1 Å². The van der Waals surface area contributed by atoms with Crippen molar-refractivity contribution in [1.82, 2.24) is 16.0 Å². The zero-order valence-corrected chi connectivity index (χ0v) is 21.0. The highest BCUT2D eigenvalue weighted by Gasteiger charge is 2.33. The number of phenolic OH excluding ortho intramolecular Hbond substituents is 1. The van der Waals surface area contributed by atoms with Crippen LogP contribution in [0, 0.1) is 5.92 Å². The smallest absolute Gasteiger partial charge is 0.326 e. The molecule has 0 aliphatic heterocycles. The molecule has 1 aromatic carbocycles. The molecule has 1 aromatic rings. The number of carboxylic acid groups (broad SMARTS) is 3. The molecule has 3 amide bonds. The maximum Gasteiger partial charge on any atom is 0.326 e. The van der Waals surface area contributed by atoms with E-state index in [2.05, 4.69) is 16.0 Å². The molecule has 14 heteroatoms. The predicted octanol–water partition coefficient (Wildman–Crippen LogP) is -0.813. The highest BCUT2D eigenvalue weighted by Crippen LogP contribution is 2.13. The molecule has 0 fully saturated rings. The summed E-state index contributed by atoms with van der Waals surface area (Å²) in [4.78, 5) is 72.3. The number of hydrogen-bond acceptors (Lipinski definition) is 8. The van der Waals surface area contributed by atoms with Crippen molar-refractivity contribution in [1.29, 1.82) is 0 Å². The lowest BCUT2D eigenvalue weighted by Crippen LogP contribution is -2.58. The van der Waals surface area contributed by atoms with E-state index in [4.69, 9.17) is 10.8 Å². The average molecular weight is 539 g/mol. The van der Waals surface area contributed by atoms with Crippen LogP contribution in [0.15, 0.2) is 24.3 Å². The van der Waals surface area contributed by atoms with E-state index in [1.165, 1.54) is 24.3 Å². The molecule has 38 heavy (non-hydrogen) atoms. The second-order valence-corrected chi connectivity index (χ2v) is 8.84. The quantitative estimate of drug-likeness (QED) is 0.129. The number of carbonyl (C=O) groups is 6. The van der Waals surface area contributed by atoms with E-state index in [1.54, 1.807) is 13.8 Å². The van der Waals surface area contributed by atoms with Gasteiger partial charge in [-0.1, -0.05) is 32.4 Å². The molecule has 210 valence electrons. The SMILES string of the molecule is CCC(C)C(NC(=O)C(CC(=O)O)NC(=O)C(Cc1ccc(O)cc1)NC(=O)C(N)CCC(=O)O)C(=O)O. The molecule has 14 nitrogen and oxygen atoms in total. The van der Waals surface area contributed by atoms with Crippen LogP contribution in [0.1, 0.15) is 45.1 Å². The molecule has 0 saturated heterocycles. The van der Waals surface area contributed by atoms with Crippen molar-refractivity contribution in [2.75, 3.05) is 0 Å². The Balaban J connectivity index is 3.16. The van der Waals surface area contributed by atoms with Gasteiger partial charge in [0.25, 0.3) is 0 Å². The second kappa shape index (κ2) is 15.1. The molecule has 0 bridgehead atoms. The molecule has 0 aliphatic rings. The molecular weight excluding hydrogens is 504 g/mol. The molecule has 5 unspecified atom stereocenters. The minimum absolute atomic E-state index is 0.0537. The Kier molecular flexibility index (Phi) is 12.7. The van der Waals surface area contributed by atoms with Crippen LogP contribution in [-0.4, -0.2) is 80.2 Å². The van der Waals surface area contributed by atoms with Crippen molar-refractivity contribution >= 4 is 35.6 Å². The number of amides is 3. The monoisotopic (exact) mass is 538 g/mol. The molecule has 5 atom stereocenters. The zero-order valence-electron chi connectivity index (χ0n) is 21.0. The first-order valence-electron chi connectivity index (χ1n) is 11.9. The molecule has 0 spiro atoms. The van der Waals surface area contributed by atoms with Crippen LogP contribution in [0.4, 0.5) is 0 Å². The van der Waals surface area contributed by atoms with Crippen molar-refractivity contribution in [3.05, 3.63) is 29.8 Å². The number of benzene rings is 1. The van der Waals surface area contributed by atoms with Crippen molar-refractivity contribution < 1.29 is 49.2 Å². The van der Waals surface area contributed by atoms with Crippen molar-refractivity contribution in [2.45, 2.75) is 70.1 Å². The van der Waals surface area contributed by atoms with Gasteiger partial charge in [-0.3, -0.25) is 24.0 Å². The third-order valence-electron chi connectivity index (χ3n) is 5.80. The number of nitrogens with two attached hydrogens (primary N) is 1. The van der Waals surface area contributed by atoms with Crippen molar-refractivity contribution in [3.8, 4) is 5.75 Å². The molecular formula is C24H34N4O10. The van der Waals surface area contributed by atoms with Crippen LogP contribution in [0.2, 0.25) is 0 Å². The fourth-order valence-electron chi connectivity index (χ4n) is 3.36. The molecule has 0 aliphatic carbocycles. The fraction of sp³-hybridized carbons (Fsp3) is 0.500. The molecule has 0 saturated carbocycles. The second-order valence-electron chi connectivity index (χ2n) is 8.84. The van der Waals surface area contributed by atoms with E-state index in [-0.39, 0.29) is 18.6 Å². The van der Waals surface area contributed by atoms with E-state index in [0.29, 0.717) is 12.0 Å². The number of rotatable bonds is 16. The Morgan fingerprint density at radius 2 is 1.39 bits per heavy atom. The number of aliphatic carboxylic acids is 3. The molecule has 0 radical (unpaired) electrons. The van der Waals surface area contributed by atoms with Gasteiger partial charge in [0.2, 0.25) is 17.7 Å². The third-order valence-corrected chi connectivity index (χ3v) is 5.80. The summed E-state index contributed by atoms with van der Waals surface area (Å²) >= 11 is 0. The van der Waals surface area contributed by atoms with Gasteiger partial charge in [-0.2, -0.15) is 0 Å². The van der Waals surface area contributed by atoms with Crippen LogP contribution in [-0.2, 0) is 35.2 Å². The number of nitrogens with one attached hydrogen (secondary N) is 3. The van der Waals surface area contributed by atoms with Crippen LogP contribution in [0.25, 0.3) is 0 Å². The van der Waals surface area contributed by atoms with Gasteiger partial charge in [0.15, 0.2) is 0 Å². The summed E-state index contributed by atoms with van der Waals surface area (Å²) in [6.07, 6.45) is -1.25. The van der Waals surface area contributed by atoms with E-state index >= 15 is 0 Å². The van der Waals surface area contributed by atoms with E-state index in [1.807, 2.05) is 0 Å². The summed E-state index contributed by atoms with van der Waals surface area (Å²) in [5.41, 5.74) is 6.21. The number of phenols is 1. The standard InChI is InChI=1S/C24H34N4O10/c1-3-12(2)20(24(37)38)28-23(36)17(11-19(32)33)27-22(35)16(10-13-4-6-14(29)7-5-13)26-21(34)15(25)8-9-18(30)31/h4-7,12,15-17,20,29H,3,8-11,25H2,1-2H3,(H,26,34)(H,27,35)(H,28,36)(H,30,31)(H,32,33)(H,37,38). The summed E-state index contributed by atoms with van der Waals surface area (Å²) in [6.45, 7) is 3.29. The van der Waals surface area contributed by atoms with Crippen LogP contribution < -0.4 is 21.7 Å². The number of carbonyl (C=O) groups excluding carboxylic acids is 3. The van der Waals surface area contributed by atoms with Gasteiger partial charge < -0.3 is 42.1 Å². The highest BCUT2D eigenvalue weighted by atomic mass is 16.4. The first-order chi connectivity index (χ1) is 17.7. The van der Waals surface area contributed by atoms with Gasteiger partial charge in [-0.25, -0.2) is 4.79 Å². The van der Waals surface area contributed by atoms with Gasteiger partial charge in [0.1, 0.15) is 23.9 Å². The first kappa shape index (κ1) is 31.8. The summed E-state index contributed by atoms with van der Waals surface area (Å²) in [7, 11) is 0. The summed E-state index contributed by atoms with van der Waals surface area (Å²) in [5.74, 6) is -7.36. The average Bonchev–Trinajstić information content (AvgIpc) is 2.84. The lowest BCUT2D eigenvalue weighted by atomic mass is 9.98. The lowest BCUT2D eigenvalue weighted by molar-refractivity contribution is -0.145. The predicted molar refractivity (Wildman–Crippen MR) is 132 cm³/mol. The van der Waals surface area contributed by atoms with E-state index in [0.717, 1.165) is 0 Å². The number of carboxylic acids is 3. The Morgan fingerprint density at radius 1 is 0.842 bits per heavy atom. The Bertz CT molecular complexity index is 1010. The minimum Gasteiger partial charge on any atom is -0.508 e. The maximum atomic E-state index is 13.1. The normalized spacial score (nSPS) is 14.7. The lowest BCUT2D eigenvalue weighted by Gasteiger charge is -2.26. The molecule has 0 heterocycles. The third kappa shape index (κ3) is 10.8. The largest absolute Gasteiger partial charge is 0.508 e. The van der Waals surface area contributed by atoms with Crippen LogP contribution in [0.5, 0.6) is 5.75 Å². The minimum atomic E-state index is -1.68. The van der Waals surface area contributed by atoms with Gasteiger partial charge in [0.05, 0.1) is 12.5 Å². The zero-order chi connectivity index (χ0) is 29.0. The van der Waals surface area contributed by atoms with Gasteiger partial charge in [0, 0.05) is 12.8 Å². The van der Waals surface area contributed by atoms with Crippen LogP contribution >= 0.6 is 0 Å². The maximum absolute atomic E-state index is 13.1. The number of hydrogen-bond donors (Lipinski definition) is 8.